The van der Waals surface area contributed by atoms with Crippen LogP contribution >= 0.6 is 0 Å². The molecule has 4 aliphatic rings. The molecule has 4 rings (SSSR count). The Morgan fingerprint density at radius 1 is 1.18 bits per heavy atom. The lowest BCUT2D eigenvalue weighted by atomic mass is 9.47. The number of aliphatic hydroxyl groups excluding tert-OH is 1. The number of hydrogen-bond donors (Lipinski definition) is 3. The smallest absolute Gasteiger partial charge is 0.142 e. The fourth-order valence-electron chi connectivity index (χ4n) is 8.67. The zero-order valence-corrected chi connectivity index (χ0v) is 25.6. The maximum atomic E-state index is 11.4. The molecule has 8 unspecified atom stereocenters. The lowest BCUT2D eigenvalue weighted by Crippen LogP contribution is -2.50. The first-order chi connectivity index (χ1) is 18.8. The fraction of sp³-hybridized carbons (Fsp3) is 0.848. The quantitative estimate of drug-likeness (QED) is 0.105. The summed E-state index contributed by atoms with van der Waals surface area (Å²) in [6, 6.07) is 0.144. The molecule has 3 N–H and O–H groups in total. The SMILES string of the molecule is C.C=O.CCCC1(C)/C(=C\C=O)CCC2C1CCC1(C)C(/C(C)=N/OCCC3NCCC3O)CCC21.CCNC. The van der Waals surface area contributed by atoms with Crippen molar-refractivity contribution in [3.05, 3.63) is 11.6 Å². The van der Waals surface area contributed by atoms with Gasteiger partial charge in [-0.05, 0) is 113 Å². The molecule has 0 aromatic carbocycles. The molecule has 0 aromatic rings. The molecule has 0 spiro atoms. The predicted molar refractivity (Wildman–Crippen MR) is 166 cm³/mol. The molecular weight excluding hydrogens is 502 g/mol. The molecule has 1 saturated heterocycles. The van der Waals surface area contributed by atoms with Gasteiger partial charge in [-0.15, -0.1) is 0 Å². The van der Waals surface area contributed by atoms with Crippen LogP contribution in [0.15, 0.2) is 16.8 Å². The number of nitrogens with one attached hydrogen (secondary N) is 2. The van der Waals surface area contributed by atoms with Gasteiger partial charge in [0.1, 0.15) is 19.7 Å². The standard InChI is InChI=1S/C28H46N2O3.C3H9N.CH2O.CH4/c1-5-14-27(3)20(12-17-31)6-7-21-23-9-8-22(28(23,4)15-10-24(21)27)19(2)30-33-18-13-25-26(32)11-16-29-25;1-3-4-2;1-2;/h12,17,21-26,29,32H,5-11,13-16,18H2,1-4H3;4H,3H2,1-2H3;1H2;1H4/b20-12-,30-19+;;;. The predicted octanol–water partition coefficient (Wildman–Crippen LogP) is 5.95. The van der Waals surface area contributed by atoms with Crippen LogP contribution < -0.4 is 10.6 Å². The second kappa shape index (κ2) is 17.4. The Balaban J connectivity index is 0.00000105. The maximum absolute atomic E-state index is 11.4. The second-order valence-electron chi connectivity index (χ2n) is 12.6. The monoisotopic (exact) mass is 563 g/mol. The van der Waals surface area contributed by atoms with Crippen LogP contribution in [0.4, 0.5) is 0 Å². The number of carbonyl (C=O) groups is 2. The highest BCUT2D eigenvalue weighted by atomic mass is 16.6. The first kappa shape index (κ1) is 36.5. The summed E-state index contributed by atoms with van der Waals surface area (Å²) in [4.78, 5) is 25.1. The van der Waals surface area contributed by atoms with Crippen molar-refractivity contribution in [3.63, 3.8) is 0 Å². The minimum absolute atomic E-state index is 0. The number of allylic oxidation sites excluding steroid dienone is 2. The Morgan fingerprint density at radius 2 is 1.88 bits per heavy atom. The van der Waals surface area contributed by atoms with Gasteiger partial charge >= 0.3 is 0 Å². The average Bonchev–Trinajstić information content (AvgIpc) is 3.51. The van der Waals surface area contributed by atoms with Gasteiger partial charge in [-0.1, -0.05) is 52.3 Å². The van der Waals surface area contributed by atoms with E-state index < -0.39 is 0 Å². The normalized spacial score (nSPS) is 37.6. The van der Waals surface area contributed by atoms with E-state index in [1.54, 1.807) is 0 Å². The van der Waals surface area contributed by atoms with E-state index in [1.165, 1.54) is 50.5 Å². The highest BCUT2D eigenvalue weighted by Gasteiger charge is 2.58. The molecule has 7 heteroatoms. The summed E-state index contributed by atoms with van der Waals surface area (Å²) in [7, 11) is 1.93. The summed E-state index contributed by atoms with van der Waals surface area (Å²) in [5.74, 6) is 2.71. The summed E-state index contributed by atoms with van der Waals surface area (Å²) in [6.07, 6.45) is 14.0. The van der Waals surface area contributed by atoms with Crippen LogP contribution in [-0.2, 0) is 14.4 Å². The second-order valence-corrected chi connectivity index (χ2v) is 12.6. The van der Waals surface area contributed by atoms with Gasteiger partial charge in [-0.3, -0.25) is 4.79 Å². The summed E-state index contributed by atoms with van der Waals surface area (Å²) in [5.41, 5.74) is 3.06. The summed E-state index contributed by atoms with van der Waals surface area (Å²) < 4.78 is 0. The van der Waals surface area contributed by atoms with Crippen LogP contribution in [0.3, 0.4) is 0 Å². The van der Waals surface area contributed by atoms with Gasteiger partial charge in [-0.2, -0.15) is 0 Å². The molecule has 40 heavy (non-hydrogen) atoms. The molecule has 0 aromatic heterocycles. The van der Waals surface area contributed by atoms with Gasteiger partial charge < -0.3 is 25.4 Å². The molecule has 232 valence electrons. The molecule has 1 heterocycles. The number of aldehydes is 1. The highest BCUT2D eigenvalue weighted by Crippen LogP contribution is 2.66. The van der Waals surface area contributed by atoms with Gasteiger partial charge in [0.25, 0.3) is 0 Å². The number of aliphatic hydroxyl groups is 1. The van der Waals surface area contributed by atoms with Crippen molar-refractivity contribution in [2.75, 3.05) is 26.7 Å². The third-order valence-electron chi connectivity index (χ3n) is 10.7. The van der Waals surface area contributed by atoms with E-state index in [2.05, 4.69) is 50.4 Å². The molecule has 8 atom stereocenters. The fourth-order valence-corrected chi connectivity index (χ4v) is 8.67. The van der Waals surface area contributed by atoms with Gasteiger partial charge in [0.05, 0.1) is 11.8 Å². The van der Waals surface area contributed by atoms with E-state index in [0.717, 1.165) is 56.2 Å². The molecular formula is C33H61N3O4. The van der Waals surface area contributed by atoms with Crippen molar-refractivity contribution in [2.24, 2.45) is 39.7 Å². The van der Waals surface area contributed by atoms with Crippen molar-refractivity contribution in [2.45, 2.75) is 118 Å². The van der Waals surface area contributed by atoms with Gasteiger partial charge in [-0.25, -0.2) is 0 Å². The molecule has 0 bridgehead atoms. The lowest BCUT2D eigenvalue weighted by Gasteiger charge is -2.57. The molecule has 4 fully saturated rings. The van der Waals surface area contributed by atoms with Gasteiger partial charge in [0.15, 0.2) is 0 Å². The first-order valence-electron chi connectivity index (χ1n) is 15.4. The Morgan fingerprint density at radius 3 is 2.45 bits per heavy atom. The zero-order valence-electron chi connectivity index (χ0n) is 25.6. The van der Waals surface area contributed by atoms with Crippen molar-refractivity contribution in [3.8, 4) is 0 Å². The Kier molecular flexibility index (Phi) is 15.9. The minimum atomic E-state index is -0.251. The molecule has 0 radical (unpaired) electrons. The largest absolute Gasteiger partial charge is 0.396 e. The third-order valence-corrected chi connectivity index (χ3v) is 10.7. The minimum Gasteiger partial charge on any atom is -0.396 e. The molecule has 3 saturated carbocycles. The Labute approximate surface area is 245 Å². The number of carbonyl (C=O) groups excluding carboxylic acids is 2. The Hall–Kier alpha value is -1.57. The number of rotatable bonds is 9. The lowest BCUT2D eigenvalue weighted by molar-refractivity contribution is -0.104. The van der Waals surface area contributed by atoms with E-state index in [1.807, 2.05) is 19.9 Å². The van der Waals surface area contributed by atoms with Crippen LogP contribution in [0.5, 0.6) is 0 Å². The maximum Gasteiger partial charge on any atom is 0.142 e. The van der Waals surface area contributed by atoms with E-state index in [4.69, 9.17) is 9.63 Å². The van der Waals surface area contributed by atoms with Crippen LogP contribution in [0, 0.1) is 34.5 Å². The molecule has 0 amide bonds. The molecule has 7 nitrogen and oxygen atoms in total. The van der Waals surface area contributed by atoms with Gasteiger partial charge in [0, 0.05) is 18.4 Å². The van der Waals surface area contributed by atoms with E-state index >= 15 is 0 Å². The first-order valence-corrected chi connectivity index (χ1v) is 15.4. The number of nitrogens with zero attached hydrogens (tertiary/aromatic N) is 1. The zero-order chi connectivity index (χ0) is 29.1. The summed E-state index contributed by atoms with van der Waals surface area (Å²) >= 11 is 0. The summed E-state index contributed by atoms with van der Waals surface area (Å²) in [6.45, 7) is 16.0. The van der Waals surface area contributed by atoms with E-state index in [9.17, 15) is 9.90 Å². The van der Waals surface area contributed by atoms with E-state index in [0.29, 0.717) is 23.9 Å². The van der Waals surface area contributed by atoms with Crippen molar-refractivity contribution >= 4 is 18.8 Å². The third kappa shape index (κ3) is 8.04. The van der Waals surface area contributed by atoms with Gasteiger partial charge in [0.2, 0.25) is 0 Å². The molecule has 3 aliphatic carbocycles. The van der Waals surface area contributed by atoms with Crippen LogP contribution in [0.2, 0.25) is 0 Å². The number of fused-ring (bicyclic) bond motifs is 3. The van der Waals surface area contributed by atoms with Crippen LogP contribution in [-0.4, -0.2) is 62.8 Å². The van der Waals surface area contributed by atoms with Crippen LogP contribution in [0.1, 0.15) is 106 Å². The number of hydrogen-bond acceptors (Lipinski definition) is 7. The van der Waals surface area contributed by atoms with Crippen molar-refractivity contribution in [1.82, 2.24) is 10.6 Å². The van der Waals surface area contributed by atoms with Crippen molar-refractivity contribution < 1.29 is 19.5 Å². The van der Waals surface area contributed by atoms with Crippen molar-refractivity contribution in [1.29, 1.82) is 0 Å². The topological polar surface area (TPSA) is 100 Å². The molecule has 1 aliphatic heterocycles. The van der Waals surface area contributed by atoms with E-state index in [-0.39, 0.29) is 25.0 Å². The Bertz CT molecular complexity index is 816. The summed E-state index contributed by atoms with van der Waals surface area (Å²) in [5, 5.41) is 20.8. The highest BCUT2D eigenvalue weighted by molar-refractivity contribution is 5.85. The average molecular weight is 564 g/mol. The van der Waals surface area contributed by atoms with Crippen LogP contribution in [0.25, 0.3) is 0 Å². The number of oxime groups is 1.